The molecule has 0 fully saturated rings. The molecule has 15 heavy (non-hydrogen) atoms. The minimum atomic E-state index is -1.05. The third-order valence-electron chi connectivity index (χ3n) is 1.99. The van der Waals surface area contributed by atoms with Crippen molar-refractivity contribution in [3.8, 4) is 6.07 Å². The lowest BCUT2D eigenvalue weighted by atomic mass is 10.2. The Morgan fingerprint density at radius 3 is 2.80 bits per heavy atom. The van der Waals surface area contributed by atoms with Gasteiger partial charge in [0.25, 0.3) is 0 Å². The molecule has 0 aliphatic rings. The number of rotatable bonds is 0. The summed E-state index contributed by atoms with van der Waals surface area (Å²) in [6.07, 6.45) is 0. The monoisotopic (exact) mass is 203 g/mol. The van der Waals surface area contributed by atoms with Gasteiger partial charge in [-0.05, 0) is 18.2 Å². The number of nitrogens with zero attached hydrogens (tertiary/aromatic N) is 2. The third-order valence-corrected chi connectivity index (χ3v) is 1.99. The van der Waals surface area contributed by atoms with Crippen LogP contribution in [0.1, 0.15) is 5.56 Å². The molecule has 0 atom stereocenters. The molecule has 2 rings (SSSR count). The van der Waals surface area contributed by atoms with Crippen LogP contribution < -0.4 is 11.1 Å². The highest BCUT2D eigenvalue weighted by Gasteiger charge is 2.06. The molecule has 6 heteroatoms. The lowest BCUT2D eigenvalue weighted by molar-refractivity contribution is 0.186. The van der Waals surface area contributed by atoms with Gasteiger partial charge in [0.1, 0.15) is 5.52 Å². The van der Waals surface area contributed by atoms with Crippen molar-refractivity contribution in [3.05, 3.63) is 44.5 Å². The Morgan fingerprint density at radius 1 is 1.40 bits per heavy atom. The van der Waals surface area contributed by atoms with E-state index < -0.39 is 11.1 Å². The Labute approximate surface area is 82.6 Å². The van der Waals surface area contributed by atoms with E-state index in [1.54, 1.807) is 0 Å². The zero-order valence-corrected chi connectivity index (χ0v) is 7.39. The van der Waals surface area contributed by atoms with Crippen LogP contribution in [0.3, 0.4) is 0 Å². The van der Waals surface area contributed by atoms with Crippen molar-refractivity contribution in [1.82, 2.24) is 9.71 Å². The van der Waals surface area contributed by atoms with Crippen LogP contribution >= 0.6 is 0 Å². The first-order valence-electron chi connectivity index (χ1n) is 4.02. The minimum Gasteiger partial charge on any atom is -0.425 e. The van der Waals surface area contributed by atoms with Crippen molar-refractivity contribution >= 4 is 11.0 Å². The van der Waals surface area contributed by atoms with Crippen LogP contribution in [-0.2, 0) is 0 Å². The highest BCUT2D eigenvalue weighted by atomic mass is 16.5. The van der Waals surface area contributed by atoms with E-state index in [4.69, 9.17) is 5.26 Å². The molecule has 0 saturated heterocycles. The second-order valence-electron chi connectivity index (χ2n) is 2.91. The van der Waals surface area contributed by atoms with Gasteiger partial charge in [-0.2, -0.15) is 5.26 Å². The summed E-state index contributed by atoms with van der Waals surface area (Å²) in [5.41, 5.74) is -1.26. The number of aromatic amines is 1. The smallest absolute Gasteiger partial charge is 0.348 e. The van der Waals surface area contributed by atoms with Crippen molar-refractivity contribution in [2.75, 3.05) is 0 Å². The lowest BCUT2D eigenvalue weighted by Crippen LogP contribution is -2.35. The Bertz CT molecular complexity index is 690. The van der Waals surface area contributed by atoms with Gasteiger partial charge in [0.15, 0.2) is 0 Å². The molecule has 0 bridgehead atoms. The van der Waals surface area contributed by atoms with E-state index in [1.165, 1.54) is 18.2 Å². The molecule has 1 heterocycles. The Morgan fingerprint density at radius 2 is 2.13 bits per heavy atom. The fraction of sp³-hybridized carbons (Fsp3) is 0. The van der Waals surface area contributed by atoms with E-state index in [0.717, 1.165) is 0 Å². The molecule has 0 unspecified atom stereocenters. The first-order chi connectivity index (χ1) is 7.13. The van der Waals surface area contributed by atoms with Crippen LogP contribution in [-0.4, -0.2) is 14.9 Å². The van der Waals surface area contributed by atoms with Gasteiger partial charge in [-0.25, -0.2) is 0 Å². The van der Waals surface area contributed by atoms with Crippen LogP contribution in [0.4, 0.5) is 0 Å². The largest absolute Gasteiger partial charge is 0.425 e. The molecule has 0 radical (unpaired) electrons. The highest BCUT2D eigenvalue weighted by Crippen LogP contribution is 2.09. The van der Waals surface area contributed by atoms with Crippen molar-refractivity contribution < 1.29 is 5.21 Å². The van der Waals surface area contributed by atoms with Crippen molar-refractivity contribution in [2.24, 2.45) is 0 Å². The number of benzene rings is 1. The number of fused-ring (bicyclic) bond motifs is 1. The number of hydrogen-bond donors (Lipinski definition) is 2. The van der Waals surface area contributed by atoms with Crippen LogP contribution in [0.15, 0.2) is 27.8 Å². The second-order valence-corrected chi connectivity index (χ2v) is 2.91. The van der Waals surface area contributed by atoms with E-state index in [9.17, 15) is 14.8 Å². The average molecular weight is 203 g/mol. The van der Waals surface area contributed by atoms with E-state index in [2.05, 4.69) is 4.98 Å². The summed E-state index contributed by atoms with van der Waals surface area (Å²) in [5, 5.41) is 17.9. The van der Waals surface area contributed by atoms with E-state index >= 15 is 0 Å². The van der Waals surface area contributed by atoms with Crippen LogP contribution in [0.2, 0.25) is 0 Å². The average Bonchev–Trinajstić information content (AvgIpc) is 2.25. The van der Waals surface area contributed by atoms with E-state index in [-0.39, 0.29) is 15.8 Å². The van der Waals surface area contributed by atoms with Crippen LogP contribution in [0, 0.1) is 11.3 Å². The van der Waals surface area contributed by atoms with Crippen molar-refractivity contribution in [1.29, 1.82) is 5.26 Å². The standard InChI is InChI=1S/C9H5N3O3/c10-4-5-1-2-7-6(3-5)11-8(13)9(14)12(7)15/h1-3,15H,(H,11,13). The number of H-pyrrole nitrogens is 1. The molecule has 74 valence electrons. The Balaban J connectivity index is 3.00. The molecular weight excluding hydrogens is 198 g/mol. The van der Waals surface area contributed by atoms with E-state index in [0.29, 0.717) is 5.56 Å². The maximum absolute atomic E-state index is 11.0. The topological polar surface area (TPSA) is 98.9 Å². The van der Waals surface area contributed by atoms with Gasteiger partial charge >= 0.3 is 11.1 Å². The van der Waals surface area contributed by atoms with Crippen LogP contribution in [0.5, 0.6) is 0 Å². The zero-order chi connectivity index (χ0) is 11.0. The highest BCUT2D eigenvalue weighted by molar-refractivity contribution is 5.75. The van der Waals surface area contributed by atoms with Gasteiger partial charge in [-0.1, -0.05) is 0 Å². The number of hydrogen-bond acceptors (Lipinski definition) is 4. The van der Waals surface area contributed by atoms with E-state index in [1.807, 2.05) is 6.07 Å². The van der Waals surface area contributed by atoms with Crippen molar-refractivity contribution in [2.45, 2.75) is 0 Å². The fourth-order valence-electron chi connectivity index (χ4n) is 1.27. The molecule has 0 amide bonds. The summed E-state index contributed by atoms with van der Waals surface area (Å²) in [6.45, 7) is 0. The molecule has 2 N–H and O–H groups in total. The Hall–Kier alpha value is -2.55. The summed E-state index contributed by atoms with van der Waals surface area (Å²) in [7, 11) is 0. The van der Waals surface area contributed by atoms with Crippen molar-refractivity contribution in [3.63, 3.8) is 0 Å². The zero-order valence-electron chi connectivity index (χ0n) is 7.39. The summed E-state index contributed by atoms with van der Waals surface area (Å²) >= 11 is 0. The van der Waals surface area contributed by atoms with Gasteiger partial charge in [0, 0.05) is 0 Å². The van der Waals surface area contributed by atoms with Gasteiger partial charge in [0.2, 0.25) is 0 Å². The fourth-order valence-corrected chi connectivity index (χ4v) is 1.27. The quantitative estimate of drug-likeness (QED) is 0.457. The third kappa shape index (κ3) is 1.26. The van der Waals surface area contributed by atoms with Gasteiger partial charge in [-0.3, -0.25) is 9.59 Å². The van der Waals surface area contributed by atoms with Gasteiger partial charge in [0.05, 0.1) is 17.1 Å². The first kappa shape index (κ1) is 9.02. The predicted molar refractivity (Wildman–Crippen MR) is 50.7 cm³/mol. The predicted octanol–water partition coefficient (Wildman–Crippen LogP) is -0.201. The maximum Gasteiger partial charge on any atom is 0.348 e. The molecular formula is C9H5N3O3. The minimum absolute atomic E-state index is 0.151. The molecule has 6 nitrogen and oxygen atoms in total. The molecule has 0 spiro atoms. The molecule has 0 aliphatic heterocycles. The van der Waals surface area contributed by atoms with Gasteiger partial charge < -0.3 is 10.2 Å². The first-order valence-corrected chi connectivity index (χ1v) is 4.02. The normalized spacial score (nSPS) is 10.1. The molecule has 2 aromatic rings. The summed E-state index contributed by atoms with van der Waals surface area (Å²) in [5.74, 6) is 0. The second kappa shape index (κ2) is 2.99. The van der Waals surface area contributed by atoms with Crippen LogP contribution in [0.25, 0.3) is 11.0 Å². The lowest BCUT2D eigenvalue weighted by Gasteiger charge is -2.01. The number of aromatic nitrogens is 2. The summed E-state index contributed by atoms with van der Waals surface area (Å²) < 4.78 is 0.259. The number of nitriles is 1. The molecule has 1 aromatic heterocycles. The molecule has 1 aromatic carbocycles. The number of nitrogens with one attached hydrogen (secondary N) is 1. The Kier molecular flexibility index (Phi) is 1.80. The molecule has 0 saturated carbocycles. The summed E-state index contributed by atoms with van der Waals surface area (Å²) in [4.78, 5) is 24.3. The summed E-state index contributed by atoms with van der Waals surface area (Å²) in [6, 6.07) is 6.08. The van der Waals surface area contributed by atoms with Gasteiger partial charge in [-0.15, -0.1) is 4.73 Å². The maximum atomic E-state index is 11.0. The SMILES string of the molecule is N#Cc1ccc2c(c1)[nH]c(=O)c(=O)n2O. The molecule has 0 aliphatic carbocycles.